The van der Waals surface area contributed by atoms with Crippen LogP contribution in [0.15, 0.2) is 23.8 Å². The fourth-order valence-electron chi connectivity index (χ4n) is 7.66. The largest absolute Gasteiger partial charge is 1.00 e. The SMILES string of the molecule is C[C@@H]1CC2C3CCC4=CC(=O)C=C[C@]4(C)[C@@]3(F)[C@@H](O)C[C@]2(C)[C@@]1(OP(=O)([O-])[O-])C(=O)CO.[Na+].[Na+]. The zero-order valence-corrected chi connectivity index (χ0v) is 25.1. The molecule has 0 aromatic heterocycles. The van der Waals surface area contributed by atoms with Gasteiger partial charge in [0.1, 0.15) is 12.2 Å². The molecule has 0 bridgehead atoms. The van der Waals surface area contributed by atoms with Gasteiger partial charge in [0.05, 0.1) is 13.9 Å². The number of aliphatic hydroxyl groups is 2. The average molecular weight is 516 g/mol. The number of hydrogen-bond donors (Lipinski definition) is 2. The van der Waals surface area contributed by atoms with Crippen molar-refractivity contribution in [3.8, 4) is 0 Å². The van der Waals surface area contributed by atoms with Gasteiger partial charge in [0, 0.05) is 16.7 Å². The predicted molar refractivity (Wildman–Crippen MR) is 106 cm³/mol. The number of allylic oxidation sites excluding steroid dienone is 4. The van der Waals surface area contributed by atoms with Gasteiger partial charge in [-0.3, -0.25) is 9.59 Å². The van der Waals surface area contributed by atoms with Crippen LogP contribution >= 0.6 is 7.82 Å². The summed E-state index contributed by atoms with van der Waals surface area (Å²) in [6, 6.07) is 0. The normalized spacial score (nSPS) is 45.2. The van der Waals surface area contributed by atoms with Crippen molar-refractivity contribution in [3.63, 3.8) is 0 Å². The van der Waals surface area contributed by atoms with E-state index in [0.717, 1.165) is 0 Å². The van der Waals surface area contributed by atoms with Crippen LogP contribution in [0.1, 0.15) is 46.5 Å². The minimum atomic E-state index is -5.67. The number of carbonyl (C=O) groups excluding carboxylic acids is 2. The molecule has 34 heavy (non-hydrogen) atoms. The van der Waals surface area contributed by atoms with Crippen molar-refractivity contribution in [2.24, 2.45) is 28.6 Å². The predicted octanol–water partition coefficient (Wildman–Crippen LogP) is -5.24. The topological polar surface area (TPSA) is 147 Å². The molecule has 4 aliphatic rings. The van der Waals surface area contributed by atoms with Gasteiger partial charge in [-0.2, -0.15) is 0 Å². The number of hydrogen-bond acceptors (Lipinski definition) is 8. The van der Waals surface area contributed by atoms with Crippen molar-refractivity contribution in [1.82, 2.24) is 0 Å². The summed E-state index contributed by atoms with van der Waals surface area (Å²) in [6.07, 6.45) is 3.08. The summed E-state index contributed by atoms with van der Waals surface area (Å²) < 4.78 is 33.7. The molecule has 178 valence electrons. The summed E-state index contributed by atoms with van der Waals surface area (Å²) in [5.74, 6) is -3.40. The first kappa shape index (κ1) is 31.0. The Morgan fingerprint density at radius 2 is 1.91 bits per heavy atom. The molecule has 12 heteroatoms. The van der Waals surface area contributed by atoms with Crippen LogP contribution in [0.4, 0.5) is 4.39 Å². The number of Topliss-reactive ketones (excluding diaryl/α,β-unsaturated/α-hetero) is 1. The Kier molecular flexibility index (Phi) is 8.96. The summed E-state index contributed by atoms with van der Waals surface area (Å²) >= 11 is 0. The van der Waals surface area contributed by atoms with Gasteiger partial charge in [0.15, 0.2) is 17.2 Å². The van der Waals surface area contributed by atoms with E-state index in [1.165, 1.54) is 18.2 Å². The maximum absolute atomic E-state index is 17.1. The number of ketones is 2. The van der Waals surface area contributed by atoms with E-state index in [4.69, 9.17) is 4.52 Å². The average Bonchev–Trinajstić information content (AvgIpc) is 2.90. The maximum Gasteiger partial charge on any atom is 1.00 e. The van der Waals surface area contributed by atoms with E-state index in [2.05, 4.69) is 0 Å². The van der Waals surface area contributed by atoms with Crippen molar-refractivity contribution in [2.75, 3.05) is 6.61 Å². The van der Waals surface area contributed by atoms with Crippen LogP contribution in [0.2, 0.25) is 0 Å². The second kappa shape index (κ2) is 9.83. The van der Waals surface area contributed by atoms with Gasteiger partial charge in [-0.15, -0.1) is 0 Å². The summed E-state index contributed by atoms with van der Waals surface area (Å²) in [5.41, 5.74) is -6.41. The Morgan fingerprint density at radius 3 is 2.47 bits per heavy atom. The fraction of sp³-hybridized carbons (Fsp3) is 0.727. The molecular weight excluding hydrogens is 488 g/mol. The van der Waals surface area contributed by atoms with Crippen molar-refractivity contribution >= 4 is 19.4 Å². The van der Waals surface area contributed by atoms with Gasteiger partial charge in [0.25, 0.3) is 0 Å². The number of carbonyl (C=O) groups is 2. The van der Waals surface area contributed by atoms with Gasteiger partial charge in [-0.1, -0.05) is 25.5 Å². The molecule has 4 aliphatic carbocycles. The second-order valence-electron chi connectivity index (χ2n) is 10.3. The molecule has 3 fully saturated rings. The Balaban J connectivity index is 0.00000204. The molecule has 0 spiro atoms. The number of phosphoric acid groups is 1. The smallest absolute Gasteiger partial charge is 0.790 e. The molecule has 3 saturated carbocycles. The van der Waals surface area contributed by atoms with Gasteiger partial charge < -0.3 is 29.1 Å². The maximum atomic E-state index is 17.1. The quantitative estimate of drug-likeness (QED) is 0.279. The summed E-state index contributed by atoms with van der Waals surface area (Å²) in [7, 11) is -5.67. The van der Waals surface area contributed by atoms with Crippen LogP contribution < -0.4 is 68.9 Å². The Labute approximate surface area is 242 Å². The van der Waals surface area contributed by atoms with Crippen molar-refractivity contribution < 1.29 is 102 Å². The van der Waals surface area contributed by atoms with Crippen LogP contribution in [0, 0.1) is 28.6 Å². The first-order valence-corrected chi connectivity index (χ1v) is 12.3. The zero-order chi connectivity index (χ0) is 23.9. The molecule has 0 heterocycles. The summed E-state index contributed by atoms with van der Waals surface area (Å²) in [6.45, 7) is 3.68. The van der Waals surface area contributed by atoms with Crippen molar-refractivity contribution in [2.45, 2.75) is 63.8 Å². The van der Waals surface area contributed by atoms with Crippen molar-refractivity contribution in [3.05, 3.63) is 23.8 Å². The fourth-order valence-corrected chi connectivity index (χ4v) is 8.51. The third-order valence-corrected chi connectivity index (χ3v) is 9.51. The first-order valence-electron chi connectivity index (χ1n) is 10.9. The van der Waals surface area contributed by atoms with Crippen molar-refractivity contribution in [1.29, 1.82) is 0 Å². The summed E-state index contributed by atoms with van der Waals surface area (Å²) in [5, 5.41) is 20.9. The van der Waals surface area contributed by atoms with E-state index >= 15 is 4.39 Å². The monoisotopic (exact) mass is 516 g/mol. The summed E-state index contributed by atoms with van der Waals surface area (Å²) in [4.78, 5) is 48.3. The zero-order valence-electron chi connectivity index (χ0n) is 20.2. The third kappa shape index (κ3) is 4.02. The van der Waals surface area contributed by atoms with E-state index in [1.54, 1.807) is 20.8 Å². The van der Waals surface area contributed by atoms with Gasteiger partial charge in [0.2, 0.25) is 0 Å². The number of halogens is 1. The van der Waals surface area contributed by atoms with E-state index < -0.39 is 66.2 Å². The molecule has 0 aromatic rings. The van der Waals surface area contributed by atoms with E-state index in [9.17, 15) is 34.2 Å². The number of alkyl halides is 1. The molecular formula is C22H28FNa2O8P. The minimum absolute atomic E-state index is 0. The second-order valence-corrected chi connectivity index (χ2v) is 11.3. The van der Waals surface area contributed by atoms with E-state index in [-0.39, 0.29) is 84.2 Å². The number of phosphoric ester groups is 1. The molecule has 8 nitrogen and oxygen atoms in total. The molecule has 2 N–H and O–H groups in total. The van der Waals surface area contributed by atoms with Gasteiger partial charge in [-0.25, -0.2) is 4.39 Å². The third-order valence-electron chi connectivity index (χ3n) is 8.99. The van der Waals surface area contributed by atoms with E-state index in [0.29, 0.717) is 12.0 Å². The Hall–Kier alpha value is 0.780. The minimum Gasteiger partial charge on any atom is -0.790 e. The van der Waals surface area contributed by atoms with Crippen LogP contribution in [0.3, 0.4) is 0 Å². The molecule has 0 aromatic carbocycles. The van der Waals surface area contributed by atoms with Crippen LogP contribution in [0.25, 0.3) is 0 Å². The van der Waals surface area contributed by atoms with Gasteiger partial charge in [-0.05, 0) is 56.6 Å². The van der Waals surface area contributed by atoms with Gasteiger partial charge >= 0.3 is 59.1 Å². The van der Waals surface area contributed by atoms with Crippen LogP contribution in [-0.4, -0.2) is 45.8 Å². The molecule has 4 rings (SSSR count). The number of fused-ring (bicyclic) bond motifs is 5. The Morgan fingerprint density at radius 1 is 1.29 bits per heavy atom. The van der Waals surface area contributed by atoms with Crippen LogP contribution in [-0.2, 0) is 18.7 Å². The number of rotatable bonds is 4. The first-order chi connectivity index (χ1) is 14.7. The number of aliphatic hydroxyl groups excluding tert-OH is 2. The molecule has 0 radical (unpaired) electrons. The standard InChI is InChI=1S/C22H30FO8P.2Na/c1-12-8-16-15-5-4-13-9-14(25)6-7-19(13,2)21(15,23)17(26)10-20(16,3)22(12,18(27)11-24)31-32(28,29)30;;/h6-7,9,12,15-17,24,26H,4-5,8,10-11H2,1-3H3,(H2,28,29,30);;/q;2*+1/p-2/t12-,15?,16?,17+,19+,20+,21+,22+;;/m1../s1. The molecule has 0 amide bonds. The molecule has 2 unspecified atom stereocenters. The van der Waals surface area contributed by atoms with Crippen LogP contribution in [0.5, 0.6) is 0 Å². The molecule has 0 aliphatic heterocycles. The molecule has 8 atom stereocenters. The molecule has 0 saturated heterocycles. The van der Waals surface area contributed by atoms with E-state index in [1.807, 2.05) is 0 Å². The Bertz CT molecular complexity index is 984.